The predicted octanol–water partition coefficient (Wildman–Crippen LogP) is 1.84. The Labute approximate surface area is 98.1 Å². The monoisotopic (exact) mass is 274 g/mol. The molecule has 0 spiro atoms. The van der Waals surface area contributed by atoms with Gasteiger partial charge in [0.1, 0.15) is 12.4 Å². The molecule has 1 aromatic carbocycles. The van der Waals surface area contributed by atoms with Gasteiger partial charge in [0.05, 0.1) is 19.3 Å². The Morgan fingerprint density at radius 1 is 1.20 bits per heavy atom. The minimum absolute atomic E-state index is 0.337. The van der Waals surface area contributed by atoms with Crippen LogP contribution >= 0.6 is 15.9 Å². The summed E-state index contributed by atoms with van der Waals surface area (Å²) in [6.45, 7) is 1.32. The lowest BCUT2D eigenvalue weighted by molar-refractivity contribution is 0.0353. The van der Waals surface area contributed by atoms with Crippen molar-refractivity contribution < 1.29 is 14.6 Å². The molecule has 3 nitrogen and oxygen atoms in total. The first-order chi connectivity index (χ1) is 7.33. The van der Waals surface area contributed by atoms with Crippen molar-refractivity contribution in [2.24, 2.45) is 0 Å². The van der Waals surface area contributed by atoms with E-state index < -0.39 is 6.10 Å². The van der Waals surface area contributed by atoms with Crippen LogP contribution in [0.3, 0.4) is 0 Å². The predicted molar refractivity (Wildman–Crippen MR) is 62.6 cm³/mol. The highest BCUT2D eigenvalue weighted by molar-refractivity contribution is 9.09. The van der Waals surface area contributed by atoms with Gasteiger partial charge in [-0.3, -0.25) is 0 Å². The molecule has 0 aliphatic rings. The van der Waals surface area contributed by atoms with Gasteiger partial charge >= 0.3 is 0 Å². The second-order valence-electron chi connectivity index (χ2n) is 3.04. The summed E-state index contributed by atoms with van der Waals surface area (Å²) in [7, 11) is 0. The molecule has 0 saturated heterocycles. The molecule has 0 heterocycles. The molecule has 0 amide bonds. The van der Waals surface area contributed by atoms with Crippen LogP contribution in [-0.4, -0.2) is 36.4 Å². The van der Waals surface area contributed by atoms with Gasteiger partial charge in [-0.15, -0.1) is 0 Å². The van der Waals surface area contributed by atoms with Crippen molar-refractivity contribution in [2.45, 2.75) is 6.10 Å². The number of aliphatic hydroxyl groups is 1. The van der Waals surface area contributed by atoms with Gasteiger partial charge in [-0.25, -0.2) is 0 Å². The minimum Gasteiger partial charge on any atom is -0.491 e. The van der Waals surface area contributed by atoms with E-state index >= 15 is 0 Å². The van der Waals surface area contributed by atoms with Crippen molar-refractivity contribution in [3.8, 4) is 5.75 Å². The first kappa shape index (κ1) is 12.5. The van der Waals surface area contributed by atoms with Crippen LogP contribution in [0, 0.1) is 0 Å². The molecule has 0 aliphatic heterocycles. The summed E-state index contributed by atoms with van der Waals surface area (Å²) >= 11 is 3.16. The molecule has 4 heteroatoms. The molecule has 0 aliphatic carbocycles. The van der Waals surface area contributed by atoms with Crippen LogP contribution < -0.4 is 4.74 Å². The fourth-order valence-corrected chi connectivity index (χ4v) is 1.19. The minimum atomic E-state index is -0.443. The van der Waals surface area contributed by atoms with Crippen LogP contribution in [0.5, 0.6) is 5.75 Å². The highest BCUT2D eigenvalue weighted by Gasteiger charge is 2.00. The topological polar surface area (TPSA) is 38.7 Å². The van der Waals surface area contributed by atoms with Crippen LogP contribution in [0.2, 0.25) is 0 Å². The molecular formula is C11H15BrO3. The lowest BCUT2D eigenvalue weighted by atomic mass is 10.3. The summed E-state index contributed by atoms with van der Waals surface area (Å²) in [6.07, 6.45) is -0.443. The number of benzene rings is 1. The lowest BCUT2D eigenvalue weighted by Crippen LogP contribution is -2.18. The van der Waals surface area contributed by atoms with E-state index in [1.54, 1.807) is 0 Å². The van der Waals surface area contributed by atoms with Gasteiger partial charge in [0.2, 0.25) is 0 Å². The molecule has 0 aromatic heterocycles. The van der Waals surface area contributed by atoms with Crippen LogP contribution in [0.1, 0.15) is 0 Å². The third kappa shape index (κ3) is 5.77. The molecule has 0 radical (unpaired) electrons. The highest BCUT2D eigenvalue weighted by Crippen LogP contribution is 2.07. The second kappa shape index (κ2) is 7.68. The molecule has 1 N–H and O–H groups in total. The molecule has 1 aromatic rings. The van der Waals surface area contributed by atoms with Gasteiger partial charge in [-0.05, 0) is 12.1 Å². The molecule has 15 heavy (non-hydrogen) atoms. The molecule has 1 unspecified atom stereocenters. The van der Waals surface area contributed by atoms with Crippen molar-refractivity contribution in [3.05, 3.63) is 30.3 Å². The van der Waals surface area contributed by atoms with Gasteiger partial charge in [-0.2, -0.15) is 0 Å². The van der Waals surface area contributed by atoms with Gasteiger partial charge < -0.3 is 14.6 Å². The van der Waals surface area contributed by atoms with E-state index in [0.717, 1.165) is 5.75 Å². The quantitative estimate of drug-likeness (QED) is 0.609. The Morgan fingerprint density at radius 3 is 2.60 bits per heavy atom. The number of hydrogen-bond acceptors (Lipinski definition) is 3. The summed E-state index contributed by atoms with van der Waals surface area (Å²) in [6, 6.07) is 9.58. The van der Waals surface area contributed by atoms with E-state index in [9.17, 15) is 0 Å². The number of ether oxygens (including phenoxy) is 2. The number of para-hydroxylation sites is 1. The summed E-state index contributed by atoms with van der Waals surface area (Å²) < 4.78 is 10.6. The van der Waals surface area contributed by atoms with E-state index in [1.165, 1.54) is 0 Å². The van der Waals surface area contributed by atoms with Crippen molar-refractivity contribution >= 4 is 15.9 Å². The number of alkyl halides is 1. The Balaban J connectivity index is 2.03. The molecule has 0 saturated carbocycles. The lowest BCUT2D eigenvalue weighted by Gasteiger charge is -2.09. The van der Waals surface area contributed by atoms with E-state index in [2.05, 4.69) is 15.9 Å². The van der Waals surface area contributed by atoms with Crippen LogP contribution in [0.15, 0.2) is 30.3 Å². The standard InChI is InChI=1S/C11H15BrO3/c12-8-10(13)9-14-6-7-15-11-4-2-1-3-5-11/h1-5,10,13H,6-9H2. The van der Waals surface area contributed by atoms with E-state index in [4.69, 9.17) is 14.6 Å². The smallest absolute Gasteiger partial charge is 0.119 e. The number of hydrogen-bond donors (Lipinski definition) is 1. The van der Waals surface area contributed by atoms with Gasteiger partial charge in [0.25, 0.3) is 0 Å². The molecule has 84 valence electrons. The Morgan fingerprint density at radius 2 is 1.93 bits per heavy atom. The van der Waals surface area contributed by atoms with Crippen molar-refractivity contribution in [1.29, 1.82) is 0 Å². The normalized spacial score (nSPS) is 12.4. The Bertz CT molecular complexity index is 253. The number of aliphatic hydroxyl groups excluding tert-OH is 1. The van der Waals surface area contributed by atoms with Crippen molar-refractivity contribution in [2.75, 3.05) is 25.2 Å². The first-order valence-corrected chi connectivity index (χ1v) is 5.94. The second-order valence-corrected chi connectivity index (χ2v) is 3.69. The maximum absolute atomic E-state index is 9.16. The average Bonchev–Trinajstić information content (AvgIpc) is 2.29. The third-order valence-corrected chi connectivity index (χ3v) is 2.48. The van der Waals surface area contributed by atoms with Gasteiger partial charge in [0, 0.05) is 5.33 Å². The van der Waals surface area contributed by atoms with Crippen LogP contribution in [0.25, 0.3) is 0 Å². The zero-order valence-electron chi connectivity index (χ0n) is 8.43. The SMILES string of the molecule is OC(CBr)COCCOc1ccccc1. The van der Waals surface area contributed by atoms with Gasteiger partial charge in [-0.1, -0.05) is 34.1 Å². The number of rotatable bonds is 7. The summed E-state index contributed by atoms with van der Waals surface area (Å²) in [5, 5.41) is 9.70. The Kier molecular flexibility index (Phi) is 6.39. The maximum atomic E-state index is 9.16. The highest BCUT2D eigenvalue weighted by atomic mass is 79.9. The average molecular weight is 275 g/mol. The van der Waals surface area contributed by atoms with E-state index in [0.29, 0.717) is 25.2 Å². The van der Waals surface area contributed by atoms with Crippen molar-refractivity contribution in [1.82, 2.24) is 0 Å². The first-order valence-electron chi connectivity index (χ1n) is 4.82. The fourth-order valence-electron chi connectivity index (χ4n) is 0.999. The largest absolute Gasteiger partial charge is 0.491 e. The van der Waals surface area contributed by atoms with Crippen LogP contribution in [0.4, 0.5) is 0 Å². The summed E-state index contributed by atoms with van der Waals surface area (Å²) in [4.78, 5) is 0. The van der Waals surface area contributed by atoms with E-state index in [-0.39, 0.29) is 0 Å². The third-order valence-electron chi connectivity index (χ3n) is 1.73. The fraction of sp³-hybridized carbons (Fsp3) is 0.455. The molecule has 0 bridgehead atoms. The van der Waals surface area contributed by atoms with Gasteiger partial charge in [0.15, 0.2) is 0 Å². The molecule has 1 rings (SSSR count). The molecule has 1 atom stereocenters. The van der Waals surface area contributed by atoms with Crippen LogP contribution in [-0.2, 0) is 4.74 Å². The molecular weight excluding hydrogens is 260 g/mol. The zero-order valence-corrected chi connectivity index (χ0v) is 10.0. The maximum Gasteiger partial charge on any atom is 0.119 e. The summed E-state index contributed by atoms with van der Waals surface area (Å²) in [5.41, 5.74) is 0. The summed E-state index contributed by atoms with van der Waals surface area (Å²) in [5.74, 6) is 0.835. The zero-order chi connectivity index (χ0) is 10.9. The number of halogens is 1. The Hall–Kier alpha value is -0.580. The van der Waals surface area contributed by atoms with E-state index in [1.807, 2.05) is 30.3 Å². The van der Waals surface area contributed by atoms with Crippen molar-refractivity contribution in [3.63, 3.8) is 0 Å². The molecule has 0 fully saturated rings.